The van der Waals surface area contributed by atoms with Crippen LogP contribution in [-0.4, -0.2) is 40.3 Å². The van der Waals surface area contributed by atoms with Crippen LogP contribution in [0.1, 0.15) is 48.0 Å². The van der Waals surface area contributed by atoms with E-state index in [1.165, 1.54) is 42.5 Å². The molecular formula is C40H36N4O8. The number of non-ortho nitro benzene ring substituents is 1. The molecule has 0 aliphatic rings. The Labute approximate surface area is 299 Å². The van der Waals surface area contributed by atoms with E-state index in [1.54, 1.807) is 75.4 Å². The van der Waals surface area contributed by atoms with E-state index in [-0.39, 0.29) is 29.0 Å². The minimum absolute atomic E-state index is 0.0430. The van der Waals surface area contributed by atoms with Gasteiger partial charge in [-0.25, -0.2) is 4.79 Å². The van der Waals surface area contributed by atoms with Gasteiger partial charge >= 0.3 is 6.09 Å². The lowest BCUT2D eigenvalue weighted by molar-refractivity contribution is -0.384. The Morgan fingerprint density at radius 3 is 2.17 bits per heavy atom. The highest BCUT2D eigenvalue weighted by molar-refractivity contribution is 6.15. The highest BCUT2D eigenvalue weighted by atomic mass is 16.6. The van der Waals surface area contributed by atoms with E-state index in [2.05, 4.69) is 16.0 Å². The summed E-state index contributed by atoms with van der Waals surface area (Å²) in [5.41, 5.74) is 1.51. The zero-order valence-electron chi connectivity index (χ0n) is 28.6. The quantitative estimate of drug-likeness (QED) is 0.0512. The molecule has 52 heavy (non-hydrogen) atoms. The van der Waals surface area contributed by atoms with E-state index in [9.17, 15) is 29.3 Å². The van der Waals surface area contributed by atoms with Gasteiger partial charge in [0.25, 0.3) is 5.69 Å². The predicted octanol–water partition coefficient (Wildman–Crippen LogP) is 7.81. The lowest BCUT2D eigenvalue weighted by atomic mass is 10.00. The number of ether oxygens (including phenoxy) is 1. The second-order valence-corrected chi connectivity index (χ2v) is 12.7. The number of ketones is 1. The molecule has 5 rings (SSSR count). The molecule has 12 nitrogen and oxygen atoms in total. The van der Waals surface area contributed by atoms with Gasteiger partial charge in [-0.1, -0.05) is 60.7 Å². The summed E-state index contributed by atoms with van der Waals surface area (Å²) in [6.07, 6.45) is 2.09. The second kappa shape index (κ2) is 16.3. The average Bonchev–Trinajstić information content (AvgIpc) is 3.60. The molecule has 0 aliphatic heterocycles. The van der Waals surface area contributed by atoms with Crippen LogP contribution in [0.5, 0.6) is 0 Å². The second-order valence-electron chi connectivity index (χ2n) is 12.7. The number of carbonyl (C=O) groups is 4. The Bertz CT molecular complexity index is 2100. The zero-order chi connectivity index (χ0) is 37.3. The molecule has 3 amide bonds. The summed E-state index contributed by atoms with van der Waals surface area (Å²) in [4.78, 5) is 63.6. The van der Waals surface area contributed by atoms with Gasteiger partial charge in [-0.15, -0.1) is 0 Å². The maximum atomic E-state index is 13.8. The fraction of sp³-hybridized carbons (Fsp3) is 0.150. The minimum atomic E-state index is -1.05. The number of benzene rings is 4. The van der Waals surface area contributed by atoms with Gasteiger partial charge in [0, 0.05) is 47.0 Å². The van der Waals surface area contributed by atoms with Crippen LogP contribution in [0.2, 0.25) is 0 Å². The van der Waals surface area contributed by atoms with Gasteiger partial charge in [0.1, 0.15) is 23.2 Å². The van der Waals surface area contributed by atoms with E-state index in [0.717, 1.165) is 5.56 Å². The molecule has 0 saturated heterocycles. The molecule has 0 saturated carbocycles. The SMILES string of the molecule is CC(C)(C)OC(=O)NC(Cc1ccccc1)C(=O)Nc1ccc(NC(=O)/C=C/c2ccc(-c3ccc([N+](=O)[O-])cc3)o2)cc1C(=O)c1ccccc1. The number of alkyl carbamates (subject to hydrolysis) is 1. The van der Waals surface area contributed by atoms with Crippen molar-refractivity contribution in [2.45, 2.75) is 38.8 Å². The standard InChI is InChI=1S/C40H36N4O8/c1-40(2,3)52-39(48)43-34(24-26-10-6-4-7-11-26)38(47)42-33-21-16-29(25-32(33)37(46)28-12-8-5-9-13-28)41-36(45)23-20-31-19-22-35(51-31)27-14-17-30(18-15-27)44(49)50/h4-23,25,34H,24H2,1-3H3,(H,41,45)(H,42,47)(H,43,48)/b23-20+. The largest absolute Gasteiger partial charge is 0.457 e. The van der Waals surface area contributed by atoms with Crippen LogP contribution in [0, 0.1) is 10.1 Å². The lowest BCUT2D eigenvalue weighted by Crippen LogP contribution is -2.47. The first kappa shape index (κ1) is 36.5. The van der Waals surface area contributed by atoms with Gasteiger partial charge in [-0.3, -0.25) is 24.5 Å². The van der Waals surface area contributed by atoms with Gasteiger partial charge in [-0.05, 0) is 74.9 Å². The van der Waals surface area contributed by atoms with Crippen molar-refractivity contribution in [1.82, 2.24) is 5.32 Å². The van der Waals surface area contributed by atoms with Gasteiger partial charge in [0.2, 0.25) is 11.8 Å². The summed E-state index contributed by atoms with van der Waals surface area (Å²) in [5.74, 6) is -0.678. The van der Waals surface area contributed by atoms with Crippen LogP contribution in [0.4, 0.5) is 21.9 Å². The molecule has 1 unspecified atom stereocenters. The number of hydrogen-bond acceptors (Lipinski definition) is 8. The molecule has 0 spiro atoms. The van der Waals surface area contributed by atoms with Crippen molar-refractivity contribution in [3.05, 3.63) is 154 Å². The molecule has 1 atom stereocenters. The molecule has 4 aromatic carbocycles. The monoisotopic (exact) mass is 700 g/mol. The van der Waals surface area contributed by atoms with Crippen molar-refractivity contribution in [1.29, 1.82) is 0 Å². The molecule has 3 N–H and O–H groups in total. The van der Waals surface area contributed by atoms with Crippen molar-refractivity contribution in [2.24, 2.45) is 0 Å². The lowest BCUT2D eigenvalue weighted by Gasteiger charge is -2.24. The summed E-state index contributed by atoms with van der Waals surface area (Å²) >= 11 is 0. The predicted molar refractivity (Wildman–Crippen MR) is 197 cm³/mol. The first-order chi connectivity index (χ1) is 24.8. The maximum Gasteiger partial charge on any atom is 0.408 e. The van der Waals surface area contributed by atoms with Crippen molar-refractivity contribution in [2.75, 3.05) is 10.6 Å². The Morgan fingerprint density at radius 2 is 1.52 bits per heavy atom. The van der Waals surface area contributed by atoms with Gasteiger partial charge in [0.05, 0.1) is 10.6 Å². The maximum absolute atomic E-state index is 13.8. The molecule has 0 bridgehead atoms. The number of nitro benzene ring substituents is 1. The third-order valence-electron chi connectivity index (χ3n) is 7.50. The number of nitro groups is 1. The molecule has 264 valence electrons. The third-order valence-corrected chi connectivity index (χ3v) is 7.50. The molecule has 0 aliphatic carbocycles. The topological polar surface area (TPSA) is 170 Å². The van der Waals surface area contributed by atoms with Crippen LogP contribution in [0.15, 0.2) is 126 Å². The summed E-state index contributed by atoms with van der Waals surface area (Å²) < 4.78 is 11.2. The first-order valence-electron chi connectivity index (χ1n) is 16.3. The number of nitrogens with zero attached hydrogens (tertiary/aromatic N) is 1. The summed E-state index contributed by atoms with van der Waals surface area (Å²) in [6, 6.07) is 30.3. The number of hydrogen-bond donors (Lipinski definition) is 3. The van der Waals surface area contributed by atoms with Crippen LogP contribution in [0.3, 0.4) is 0 Å². The fourth-order valence-electron chi connectivity index (χ4n) is 5.08. The minimum Gasteiger partial charge on any atom is -0.457 e. The van der Waals surface area contributed by atoms with Crippen LogP contribution in [-0.2, 0) is 20.7 Å². The highest BCUT2D eigenvalue weighted by Crippen LogP contribution is 2.27. The van der Waals surface area contributed by atoms with Crippen LogP contribution in [0.25, 0.3) is 17.4 Å². The molecule has 0 radical (unpaired) electrons. The number of carbonyl (C=O) groups excluding carboxylic acids is 4. The molecule has 12 heteroatoms. The number of rotatable bonds is 12. The number of furan rings is 1. The molecule has 1 heterocycles. The summed E-state index contributed by atoms with van der Waals surface area (Å²) in [7, 11) is 0. The van der Waals surface area contributed by atoms with Gasteiger partial charge in [0.15, 0.2) is 5.78 Å². The summed E-state index contributed by atoms with van der Waals surface area (Å²) in [6.45, 7) is 5.15. The van der Waals surface area contributed by atoms with Crippen molar-refractivity contribution in [3.63, 3.8) is 0 Å². The molecule has 1 aromatic heterocycles. The van der Waals surface area contributed by atoms with E-state index < -0.39 is 40.3 Å². The highest BCUT2D eigenvalue weighted by Gasteiger charge is 2.26. The van der Waals surface area contributed by atoms with Crippen LogP contribution < -0.4 is 16.0 Å². The number of amides is 3. The van der Waals surface area contributed by atoms with Gasteiger partial charge < -0.3 is 25.1 Å². The number of nitrogens with one attached hydrogen (secondary N) is 3. The van der Waals surface area contributed by atoms with E-state index >= 15 is 0 Å². The van der Waals surface area contributed by atoms with Crippen molar-refractivity contribution < 1.29 is 33.3 Å². The average molecular weight is 701 g/mol. The smallest absolute Gasteiger partial charge is 0.408 e. The van der Waals surface area contributed by atoms with E-state index in [4.69, 9.17) is 9.15 Å². The Hall–Kier alpha value is -6.82. The number of anilines is 2. The zero-order valence-corrected chi connectivity index (χ0v) is 28.6. The normalized spacial score (nSPS) is 11.8. The van der Waals surface area contributed by atoms with Crippen LogP contribution >= 0.6 is 0 Å². The molecule has 0 fully saturated rings. The Kier molecular flexibility index (Phi) is 11.4. The third kappa shape index (κ3) is 10.1. The summed E-state index contributed by atoms with van der Waals surface area (Å²) in [5, 5.41) is 19.1. The van der Waals surface area contributed by atoms with Gasteiger partial charge in [-0.2, -0.15) is 0 Å². The van der Waals surface area contributed by atoms with Crippen molar-refractivity contribution >= 4 is 46.8 Å². The Balaban J connectivity index is 1.35. The fourth-order valence-corrected chi connectivity index (χ4v) is 5.08. The van der Waals surface area contributed by atoms with E-state index in [0.29, 0.717) is 22.6 Å². The first-order valence-corrected chi connectivity index (χ1v) is 16.3. The van der Waals surface area contributed by atoms with Crippen molar-refractivity contribution in [3.8, 4) is 11.3 Å². The molecular weight excluding hydrogens is 664 g/mol. The molecule has 5 aromatic rings. The van der Waals surface area contributed by atoms with E-state index in [1.807, 2.05) is 30.3 Å². The Morgan fingerprint density at radius 1 is 0.846 bits per heavy atom.